The number of ether oxygens (including phenoxy) is 1. The smallest absolute Gasteiger partial charge is 0.338 e. The van der Waals surface area contributed by atoms with Crippen molar-refractivity contribution in [1.29, 1.82) is 0 Å². The standard InChI is InChI=1S/C23H27BrN2O4S/c1-16-6-4-9-19(14-16)26(12-13-30-23(27)17-7-5-8-18(24)15-17)22-20-10-2-3-11-21(20)31(28,29)25-22/h4-9,14-15,20-22,25H,2-3,10-13H2,1H3. The van der Waals surface area contributed by atoms with Crippen LogP contribution in [0.5, 0.6) is 0 Å². The van der Waals surface area contributed by atoms with Crippen molar-refractivity contribution >= 4 is 37.6 Å². The van der Waals surface area contributed by atoms with Crippen molar-refractivity contribution in [2.24, 2.45) is 5.92 Å². The fourth-order valence-corrected chi connectivity index (χ4v) is 7.12. The molecule has 3 unspecified atom stereocenters. The summed E-state index contributed by atoms with van der Waals surface area (Å²) < 4.78 is 34.8. The van der Waals surface area contributed by atoms with E-state index in [0.29, 0.717) is 18.5 Å². The average molecular weight is 507 g/mol. The molecule has 0 spiro atoms. The van der Waals surface area contributed by atoms with Crippen molar-refractivity contribution in [3.63, 3.8) is 0 Å². The number of anilines is 1. The summed E-state index contributed by atoms with van der Waals surface area (Å²) in [6.07, 6.45) is 3.23. The molecule has 6 nitrogen and oxygen atoms in total. The minimum absolute atomic E-state index is 0.0278. The van der Waals surface area contributed by atoms with Gasteiger partial charge in [0.2, 0.25) is 10.0 Å². The first kappa shape index (κ1) is 22.3. The van der Waals surface area contributed by atoms with Gasteiger partial charge in [-0.1, -0.05) is 47.0 Å². The number of hydrogen-bond acceptors (Lipinski definition) is 5. The molecule has 2 aromatic carbocycles. The van der Waals surface area contributed by atoms with Gasteiger partial charge < -0.3 is 9.64 Å². The molecule has 1 saturated heterocycles. The molecule has 2 aromatic rings. The molecule has 1 heterocycles. The molecule has 1 N–H and O–H groups in total. The van der Waals surface area contributed by atoms with Crippen LogP contribution in [-0.4, -0.2) is 39.0 Å². The Kier molecular flexibility index (Phi) is 6.69. The van der Waals surface area contributed by atoms with Crippen molar-refractivity contribution in [1.82, 2.24) is 4.72 Å². The van der Waals surface area contributed by atoms with Crippen LogP contribution in [0, 0.1) is 12.8 Å². The van der Waals surface area contributed by atoms with Crippen LogP contribution in [0.3, 0.4) is 0 Å². The van der Waals surface area contributed by atoms with Crippen LogP contribution in [0.15, 0.2) is 53.0 Å². The third-order valence-electron chi connectivity index (χ3n) is 6.14. The van der Waals surface area contributed by atoms with E-state index in [2.05, 4.69) is 25.6 Å². The maximum Gasteiger partial charge on any atom is 0.338 e. The Hall–Kier alpha value is -1.90. The van der Waals surface area contributed by atoms with E-state index in [9.17, 15) is 13.2 Å². The van der Waals surface area contributed by atoms with E-state index >= 15 is 0 Å². The van der Waals surface area contributed by atoms with Gasteiger partial charge >= 0.3 is 5.97 Å². The Balaban J connectivity index is 1.53. The SMILES string of the molecule is Cc1cccc(N(CCOC(=O)c2cccc(Br)c2)C2NS(=O)(=O)C3CCCCC23)c1. The lowest BCUT2D eigenvalue weighted by Crippen LogP contribution is -2.48. The highest BCUT2D eigenvalue weighted by Crippen LogP contribution is 2.39. The van der Waals surface area contributed by atoms with Crippen LogP contribution >= 0.6 is 15.9 Å². The summed E-state index contributed by atoms with van der Waals surface area (Å²) >= 11 is 3.37. The Morgan fingerprint density at radius 2 is 1.94 bits per heavy atom. The van der Waals surface area contributed by atoms with Crippen LogP contribution in [0.2, 0.25) is 0 Å². The van der Waals surface area contributed by atoms with Gasteiger partial charge in [0.1, 0.15) is 6.61 Å². The molecule has 4 rings (SSSR count). The van der Waals surface area contributed by atoms with Crippen molar-refractivity contribution in [2.75, 3.05) is 18.1 Å². The first-order valence-electron chi connectivity index (χ1n) is 10.6. The molecule has 1 saturated carbocycles. The van der Waals surface area contributed by atoms with Gasteiger partial charge in [-0.25, -0.2) is 13.2 Å². The summed E-state index contributed by atoms with van der Waals surface area (Å²) in [6.45, 7) is 2.58. The maximum absolute atomic E-state index is 12.8. The number of carbonyl (C=O) groups is 1. The lowest BCUT2D eigenvalue weighted by atomic mass is 9.86. The predicted molar refractivity (Wildman–Crippen MR) is 125 cm³/mol. The molecule has 3 atom stereocenters. The van der Waals surface area contributed by atoms with Gasteiger partial charge in [-0.2, -0.15) is 4.72 Å². The summed E-state index contributed by atoms with van der Waals surface area (Å²) in [6, 6.07) is 15.1. The number of carbonyl (C=O) groups excluding carboxylic acids is 1. The molecule has 31 heavy (non-hydrogen) atoms. The van der Waals surface area contributed by atoms with Crippen LogP contribution in [-0.2, 0) is 14.8 Å². The summed E-state index contributed by atoms with van der Waals surface area (Å²) in [5, 5.41) is -0.345. The van der Waals surface area contributed by atoms with Gasteiger partial charge in [0.05, 0.1) is 23.5 Å². The van der Waals surface area contributed by atoms with Crippen molar-refractivity contribution < 1.29 is 17.9 Å². The van der Waals surface area contributed by atoms with E-state index < -0.39 is 16.0 Å². The summed E-state index contributed by atoms with van der Waals surface area (Å²) in [7, 11) is -3.35. The van der Waals surface area contributed by atoms with Gasteiger partial charge in [-0.05, 0) is 55.7 Å². The zero-order valence-corrected chi connectivity index (χ0v) is 19.9. The molecular formula is C23H27BrN2O4S. The molecular weight excluding hydrogens is 480 g/mol. The zero-order valence-electron chi connectivity index (χ0n) is 17.5. The number of nitrogens with one attached hydrogen (secondary N) is 1. The number of hydrogen-bond donors (Lipinski definition) is 1. The van der Waals surface area contributed by atoms with Crippen LogP contribution in [0.4, 0.5) is 5.69 Å². The van der Waals surface area contributed by atoms with Gasteiger partial charge in [-0.3, -0.25) is 0 Å². The zero-order chi connectivity index (χ0) is 22.0. The molecule has 0 radical (unpaired) electrons. The van der Waals surface area contributed by atoms with Crippen LogP contribution in [0.1, 0.15) is 41.6 Å². The molecule has 1 aliphatic carbocycles. The van der Waals surface area contributed by atoms with Crippen molar-refractivity contribution in [3.8, 4) is 0 Å². The Bertz CT molecular complexity index is 1060. The highest BCUT2D eigenvalue weighted by Gasteiger charge is 2.49. The Labute approximate surface area is 192 Å². The predicted octanol–water partition coefficient (Wildman–Crippen LogP) is 4.24. The molecule has 0 amide bonds. The van der Waals surface area contributed by atoms with Gasteiger partial charge in [-0.15, -0.1) is 0 Å². The molecule has 0 aromatic heterocycles. The highest BCUT2D eigenvalue weighted by atomic mass is 79.9. The molecule has 1 aliphatic heterocycles. The Morgan fingerprint density at radius 1 is 1.16 bits per heavy atom. The van der Waals surface area contributed by atoms with E-state index in [1.807, 2.05) is 37.3 Å². The fourth-order valence-electron chi connectivity index (χ4n) is 4.68. The summed E-state index contributed by atoms with van der Waals surface area (Å²) in [5.41, 5.74) is 2.50. The second kappa shape index (κ2) is 9.30. The molecule has 8 heteroatoms. The average Bonchev–Trinajstić information content (AvgIpc) is 3.02. The molecule has 166 valence electrons. The number of halogens is 1. The van der Waals surface area contributed by atoms with Gasteiger partial charge in [0.25, 0.3) is 0 Å². The monoisotopic (exact) mass is 506 g/mol. The van der Waals surface area contributed by atoms with E-state index in [4.69, 9.17) is 4.74 Å². The maximum atomic E-state index is 12.8. The number of sulfonamides is 1. The normalized spacial score (nSPS) is 24.4. The first-order valence-corrected chi connectivity index (χ1v) is 13.0. The minimum atomic E-state index is -3.35. The number of rotatable bonds is 6. The lowest BCUT2D eigenvalue weighted by molar-refractivity contribution is 0.0511. The second-order valence-corrected chi connectivity index (χ2v) is 11.1. The largest absolute Gasteiger partial charge is 0.460 e. The highest BCUT2D eigenvalue weighted by molar-refractivity contribution is 9.10. The molecule has 0 bridgehead atoms. The van der Waals surface area contributed by atoms with Gasteiger partial charge in [0.15, 0.2) is 0 Å². The lowest BCUT2D eigenvalue weighted by Gasteiger charge is -2.36. The third-order valence-corrected chi connectivity index (χ3v) is 8.58. The molecule has 2 aliphatic rings. The number of aryl methyl sites for hydroxylation is 1. The van der Waals surface area contributed by atoms with Crippen LogP contribution in [0.25, 0.3) is 0 Å². The van der Waals surface area contributed by atoms with E-state index in [1.54, 1.807) is 18.2 Å². The van der Waals surface area contributed by atoms with E-state index in [1.165, 1.54) is 0 Å². The first-order chi connectivity index (χ1) is 14.8. The molecule has 2 fully saturated rings. The summed E-state index contributed by atoms with van der Waals surface area (Å²) in [5.74, 6) is -0.368. The van der Waals surface area contributed by atoms with Crippen LogP contribution < -0.4 is 9.62 Å². The van der Waals surface area contributed by atoms with Crippen molar-refractivity contribution in [3.05, 3.63) is 64.1 Å². The quantitative estimate of drug-likeness (QED) is 0.593. The fraction of sp³-hybridized carbons (Fsp3) is 0.435. The van der Waals surface area contributed by atoms with Gasteiger partial charge in [0, 0.05) is 16.1 Å². The number of nitrogens with zero attached hydrogens (tertiary/aromatic N) is 1. The minimum Gasteiger partial charge on any atom is -0.460 e. The van der Waals surface area contributed by atoms with E-state index in [-0.39, 0.29) is 23.9 Å². The topological polar surface area (TPSA) is 75.7 Å². The third kappa shape index (κ3) is 4.96. The summed E-state index contributed by atoms with van der Waals surface area (Å²) in [4.78, 5) is 14.5. The Morgan fingerprint density at radius 3 is 2.71 bits per heavy atom. The van der Waals surface area contributed by atoms with Crippen molar-refractivity contribution in [2.45, 2.75) is 44.0 Å². The number of esters is 1. The van der Waals surface area contributed by atoms with E-state index in [0.717, 1.165) is 35.0 Å². The number of benzene rings is 2. The number of fused-ring (bicyclic) bond motifs is 1. The second-order valence-electron chi connectivity index (χ2n) is 8.27.